The van der Waals surface area contributed by atoms with Gasteiger partial charge in [0.15, 0.2) is 5.69 Å². The lowest BCUT2D eigenvalue weighted by atomic mass is 9.73. The minimum absolute atomic E-state index is 0.00266. The molecule has 1 fully saturated rings. The van der Waals surface area contributed by atoms with E-state index in [1.807, 2.05) is 30.3 Å². The van der Waals surface area contributed by atoms with E-state index in [9.17, 15) is 21.6 Å². The maximum atomic E-state index is 13.1. The fraction of sp³-hybridized carbons (Fsp3) is 0.368. The molecule has 1 aliphatic rings. The van der Waals surface area contributed by atoms with Gasteiger partial charge in [0.1, 0.15) is 10.8 Å². The summed E-state index contributed by atoms with van der Waals surface area (Å²) in [6.07, 6.45) is -2.83. The van der Waals surface area contributed by atoms with Crippen LogP contribution in [0.15, 0.2) is 42.6 Å². The van der Waals surface area contributed by atoms with Crippen LogP contribution in [0.2, 0.25) is 5.15 Å². The Labute approximate surface area is 187 Å². The van der Waals surface area contributed by atoms with Gasteiger partial charge >= 0.3 is 6.18 Å². The second-order valence-corrected chi connectivity index (χ2v) is 9.63. The van der Waals surface area contributed by atoms with E-state index in [-0.39, 0.29) is 36.4 Å². The van der Waals surface area contributed by atoms with Crippen LogP contribution in [0.4, 0.5) is 19.1 Å². The average Bonchev–Trinajstić information content (AvgIpc) is 3.17. The molecule has 0 radical (unpaired) electrons. The minimum Gasteiger partial charge on any atom is -0.354 e. The Morgan fingerprint density at radius 1 is 1.16 bits per heavy atom. The molecule has 3 heterocycles. The van der Waals surface area contributed by atoms with Crippen molar-refractivity contribution in [2.24, 2.45) is 5.14 Å². The molecule has 0 aliphatic carbocycles. The highest BCUT2D eigenvalue weighted by Crippen LogP contribution is 2.37. The molecule has 0 unspecified atom stereocenters. The van der Waals surface area contributed by atoms with Crippen molar-refractivity contribution in [3.8, 4) is 0 Å². The summed E-state index contributed by atoms with van der Waals surface area (Å²) < 4.78 is 65.3. The summed E-state index contributed by atoms with van der Waals surface area (Å²) >= 11 is 6.02. The van der Waals surface area contributed by atoms with Crippen LogP contribution >= 0.6 is 11.6 Å². The van der Waals surface area contributed by atoms with Gasteiger partial charge in [0, 0.05) is 37.3 Å². The van der Waals surface area contributed by atoms with E-state index in [1.54, 1.807) is 0 Å². The molecule has 0 saturated carbocycles. The maximum Gasteiger partial charge on any atom is 0.434 e. The monoisotopic (exact) mass is 488 g/mol. The van der Waals surface area contributed by atoms with Crippen LogP contribution in [0.25, 0.3) is 5.65 Å². The number of imidazole rings is 1. The number of nitrogens with one attached hydrogen (secondary N) is 1. The number of rotatable bonds is 5. The first-order valence-electron chi connectivity index (χ1n) is 9.68. The van der Waals surface area contributed by atoms with Crippen LogP contribution in [0.3, 0.4) is 0 Å². The van der Waals surface area contributed by atoms with Crippen molar-refractivity contribution in [2.45, 2.75) is 24.4 Å². The molecule has 172 valence electrons. The molecule has 1 aliphatic heterocycles. The van der Waals surface area contributed by atoms with Crippen molar-refractivity contribution >= 4 is 33.4 Å². The van der Waals surface area contributed by atoms with Crippen molar-refractivity contribution in [2.75, 3.05) is 25.0 Å². The predicted molar refractivity (Wildman–Crippen MR) is 114 cm³/mol. The zero-order chi connectivity index (χ0) is 23.1. The van der Waals surface area contributed by atoms with Gasteiger partial charge in [-0.3, -0.25) is 4.40 Å². The Bertz CT molecular complexity index is 1230. The lowest BCUT2D eigenvalue weighted by Gasteiger charge is -2.41. The molecular weight excluding hydrogens is 469 g/mol. The van der Waals surface area contributed by atoms with Crippen molar-refractivity contribution < 1.29 is 21.6 Å². The molecule has 13 heteroatoms. The summed E-state index contributed by atoms with van der Waals surface area (Å²) in [5, 5.41) is 8.39. The minimum atomic E-state index is -4.61. The zero-order valence-corrected chi connectivity index (χ0v) is 18.3. The van der Waals surface area contributed by atoms with Gasteiger partial charge in [-0.2, -0.15) is 25.9 Å². The highest BCUT2D eigenvalue weighted by Gasteiger charge is 2.39. The van der Waals surface area contributed by atoms with Crippen LogP contribution < -0.4 is 10.5 Å². The highest BCUT2D eigenvalue weighted by molar-refractivity contribution is 7.86. The van der Waals surface area contributed by atoms with Gasteiger partial charge < -0.3 is 5.32 Å². The first-order chi connectivity index (χ1) is 15.0. The third-order valence-corrected chi connectivity index (χ3v) is 7.00. The second kappa shape index (κ2) is 8.18. The fourth-order valence-electron chi connectivity index (χ4n) is 4.00. The molecule has 3 aromatic rings. The van der Waals surface area contributed by atoms with E-state index in [0.29, 0.717) is 12.8 Å². The van der Waals surface area contributed by atoms with Crippen LogP contribution in [-0.2, 0) is 21.8 Å². The number of hydrogen-bond acceptors (Lipinski definition) is 5. The third-order valence-electron chi connectivity index (χ3n) is 5.72. The molecule has 0 atom stereocenters. The van der Waals surface area contributed by atoms with E-state index < -0.39 is 27.5 Å². The van der Waals surface area contributed by atoms with Crippen molar-refractivity contribution in [3.05, 3.63) is 59.0 Å². The number of hydrogen-bond donors (Lipinski definition) is 2. The smallest absolute Gasteiger partial charge is 0.354 e. The van der Waals surface area contributed by atoms with E-state index in [4.69, 9.17) is 16.7 Å². The molecule has 3 N–H and O–H groups in total. The van der Waals surface area contributed by atoms with Gasteiger partial charge in [0.05, 0.1) is 0 Å². The Balaban J connectivity index is 1.66. The number of halogens is 4. The molecule has 0 bridgehead atoms. The van der Waals surface area contributed by atoms with Crippen molar-refractivity contribution in [1.29, 1.82) is 0 Å². The van der Waals surface area contributed by atoms with Crippen molar-refractivity contribution in [1.82, 2.24) is 18.7 Å². The van der Waals surface area contributed by atoms with Gasteiger partial charge in [-0.15, -0.1) is 0 Å². The van der Waals surface area contributed by atoms with Crippen LogP contribution in [0.1, 0.15) is 24.1 Å². The summed E-state index contributed by atoms with van der Waals surface area (Å²) in [6, 6.07) is 10.8. The lowest BCUT2D eigenvalue weighted by molar-refractivity contribution is -0.140. The Morgan fingerprint density at radius 2 is 1.81 bits per heavy atom. The number of alkyl halides is 3. The molecule has 32 heavy (non-hydrogen) atoms. The summed E-state index contributed by atoms with van der Waals surface area (Å²) in [7, 11) is -3.81. The number of fused-ring (bicyclic) bond motifs is 1. The highest BCUT2D eigenvalue weighted by atomic mass is 35.5. The molecule has 1 aromatic carbocycles. The van der Waals surface area contributed by atoms with Crippen molar-refractivity contribution in [3.63, 3.8) is 0 Å². The Kier molecular flexibility index (Phi) is 5.82. The molecule has 2 aromatic heterocycles. The fourth-order valence-corrected chi connectivity index (χ4v) is 4.87. The number of piperidine rings is 1. The number of benzene rings is 1. The maximum absolute atomic E-state index is 13.1. The summed E-state index contributed by atoms with van der Waals surface area (Å²) in [4.78, 5) is 7.74. The van der Waals surface area contributed by atoms with Gasteiger partial charge in [-0.25, -0.2) is 15.1 Å². The third kappa shape index (κ3) is 4.53. The lowest BCUT2D eigenvalue weighted by Crippen LogP contribution is -2.50. The van der Waals surface area contributed by atoms with Crippen LogP contribution in [-0.4, -0.2) is 46.7 Å². The van der Waals surface area contributed by atoms with Crippen LogP contribution in [0, 0.1) is 0 Å². The Morgan fingerprint density at radius 3 is 2.41 bits per heavy atom. The first kappa shape index (κ1) is 22.8. The topological polar surface area (TPSA) is 106 Å². The van der Waals surface area contributed by atoms with Gasteiger partial charge in [-0.05, 0) is 18.4 Å². The molecule has 8 nitrogen and oxygen atoms in total. The second-order valence-electron chi connectivity index (χ2n) is 7.70. The van der Waals surface area contributed by atoms with E-state index in [1.165, 1.54) is 14.8 Å². The van der Waals surface area contributed by atoms with Crippen LogP contribution in [0.5, 0.6) is 0 Å². The van der Waals surface area contributed by atoms with E-state index in [0.717, 1.165) is 11.8 Å². The summed E-state index contributed by atoms with van der Waals surface area (Å²) in [5.74, 6) is 0.111. The number of aromatic nitrogens is 3. The SMILES string of the molecule is NS(=O)(=O)N1CCC(CNc2nc(Cl)cc3nc(C(F)(F)F)cn23)(c2ccccc2)CC1. The van der Waals surface area contributed by atoms with E-state index in [2.05, 4.69) is 15.3 Å². The van der Waals surface area contributed by atoms with Gasteiger partial charge in [-0.1, -0.05) is 41.9 Å². The summed E-state index contributed by atoms with van der Waals surface area (Å²) in [5.41, 5.74) is -0.561. The largest absolute Gasteiger partial charge is 0.434 e. The molecular formula is C19H20ClF3N6O2S. The zero-order valence-electron chi connectivity index (χ0n) is 16.7. The van der Waals surface area contributed by atoms with E-state index >= 15 is 0 Å². The quantitative estimate of drug-likeness (QED) is 0.537. The molecule has 0 spiro atoms. The average molecular weight is 489 g/mol. The molecule has 0 amide bonds. The predicted octanol–water partition coefficient (Wildman–Crippen LogP) is 3.05. The molecule has 1 saturated heterocycles. The number of nitrogens with two attached hydrogens (primary N) is 1. The molecule has 4 rings (SSSR count). The summed E-state index contributed by atoms with van der Waals surface area (Å²) in [6.45, 7) is 0.728. The number of anilines is 1. The standard InChI is InChI=1S/C19H20ClF3N6O2S/c20-15-10-16-26-14(19(21,22)23)11-29(16)17(27-15)25-12-18(13-4-2-1-3-5-13)6-8-28(9-7-18)32(24,30)31/h1-5,10-11H,6-9,12H2,(H,25,27)(H2,24,30,31). The number of nitrogens with zero attached hydrogens (tertiary/aromatic N) is 4. The van der Waals surface area contributed by atoms with Gasteiger partial charge in [0.25, 0.3) is 10.2 Å². The first-order valence-corrected chi connectivity index (χ1v) is 11.6. The van der Waals surface area contributed by atoms with Gasteiger partial charge in [0.2, 0.25) is 5.95 Å². The normalized spacial score (nSPS) is 17.5. The Hall–Kier alpha value is -2.41.